The van der Waals surface area contributed by atoms with E-state index in [-0.39, 0.29) is 25.7 Å². The molecule has 0 aromatic rings. The zero-order chi connectivity index (χ0) is 59.4. The van der Waals surface area contributed by atoms with Gasteiger partial charge in [-0.1, -0.05) is 247 Å². The molecule has 474 valence electrons. The first-order valence-corrected chi connectivity index (χ1v) is 35.0. The molecule has 0 rings (SSSR count). The number of rotatable bonds is 60. The summed E-state index contributed by atoms with van der Waals surface area (Å²) in [6.07, 6.45) is 35.1. The molecule has 19 heteroatoms. The van der Waals surface area contributed by atoms with Crippen LogP contribution in [0.1, 0.15) is 298 Å². The van der Waals surface area contributed by atoms with Crippen LogP contribution in [0.4, 0.5) is 0 Å². The zero-order valence-corrected chi connectivity index (χ0v) is 53.2. The van der Waals surface area contributed by atoms with E-state index in [2.05, 4.69) is 41.5 Å². The van der Waals surface area contributed by atoms with Crippen LogP contribution in [-0.4, -0.2) is 96.7 Å². The van der Waals surface area contributed by atoms with Gasteiger partial charge in [-0.05, 0) is 37.5 Å². The summed E-state index contributed by atoms with van der Waals surface area (Å²) in [5, 5.41) is 10.5. The maximum atomic E-state index is 12.9. The second-order valence-electron chi connectivity index (χ2n) is 23.0. The summed E-state index contributed by atoms with van der Waals surface area (Å²) in [5.74, 6) is -0.750. The molecular weight excluding hydrogens is 1070 g/mol. The summed E-state index contributed by atoms with van der Waals surface area (Å²) in [7, 11) is -9.88. The van der Waals surface area contributed by atoms with Crippen LogP contribution in [0, 0.1) is 11.8 Å². The van der Waals surface area contributed by atoms with Crippen LogP contribution in [0.2, 0.25) is 0 Å². The lowest BCUT2D eigenvalue weighted by atomic mass is 10.0. The maximum Gasteiger partial charge on any atom is 0.472 e. The number of carbonyl (C=O) groups is 4. The van der Waals surface area contributed by atoms with Gasteiger partial charge in [0.25, 0.3) is 0 Å². The van der Waals surface area contributed by atoms with Crippen molar-refractivity contribution in [2.24, 2.45) is 11.8 Å². The van der Waals surface area contributed by atoms with E-state index in [0.29, 0.717) is 31.6 Å². The molecule has 0 bridgehead atoms. The molecule has 2 unspecified atom stereocenters. The number of hydrogen-bond acceptors (Lipinski definition) is 15. The smallest absolute Gasteiger partial charge is 0.462 e. The molecule has 0 aliphatic carbocycles. The molecule has 0 spiro atoms. The second-order valence-corrected chi connectivity index (χ2v) is 25.9. The number of hydrogen-bond donors (Lipinski definition) is 3. The quantitative estimate of drug-likeness (QED) is 0.0222. The number of phosphoric ester groups is 2. The molecule has 0 aliphatic heterocycles. The van der Waals surface area contributed by atoms with Crippen molar-refractivity contribution >= 4 is 39.5 Å². The Hall–Kier alpha value is -1.94. The second kappa shape index (κ2) is 53.8. The van der Waals surface area contributed by atoms with Crippen LogP contribution in [-0.2, 0) is 65.4 Å². The molecule has 3 N–H and O–H groups in total. The fourth-order valence-corrected chi connectivity index (χ4v) is 10.6. The first kappa shape index (κ1) is 78.1. The van der Waals surface area contributed by atoms with E-state index in [1.165, 1.54) is 103 Å². The molecule has 0 aromatic carbocycles. The average Bonchev–Trinajstić information content (AvgIpc) is 3.41. The van der Waals surface area contributed by atoms with Gasteiger partial charge in [0.2, 0.25) is 0 Å². The Morgan fingerprint density at radius 1 is 0.338 bits per heavy atom. The van der Waals surface area contributed by atoms with Gasteiger partial charge in [0.15, 0.2) is 12.2 Å². The minimum Gasteiger partial charge on any atom is -0.462 e. The number of aliphatic hydroxyl groups is 1. The van der Waals surface area contributed by atoms with Gasteiger partial charge in [-0.15, -0.1) is 0 Å². The topological polar surface area (TPSA) is 237 Å². The van der Waals surface area contributed by atoms with Crippen molar-refractivity contribution in [1.82, 2.24) is 0 Å². The van der Waals surface area contributed by atoms with Gasteiger partial charge in [-0.2, -0.15) is 0 Å². The van der Waals surface area contributed by atoms with Crippen molar-refractivity contribution in [2.75, 3.05) is 39.6 Å². The van der Waals surface area contributed by atoms with E-state index in [9.17, 15) is 43.2 Å². The number of carbonyl (C=O) groups excluding carboxylic acids is 4. The van der Waals surface area contributed by atoms with Crippen LogP contribution in [0.3, 0.4) is 0 Å². The van der Waals surface area contributed by atoms with Crippen molar-refractivity contribution in [3.8, 4) is 0 Å². The monoisotopic (exact) mass is 1180 g/mol. The van der Waals surface area contributed by atoms with Gasteiger partial charge in [-0.3, -0.25) is 37.3 Å². The van der Waals surface area contributed by atoms with Crippen LogP contribution >= 0.6 is 15.6 Å². The van der Waals surface area contributed by atoms with Gasteiger partial charge >= 0.3 is 39.5 Å². The summed E-state index contributed by atoms with van der Waals surface area (Å²) in [5.41, 5.74) is 0. The molecule has 17 nitrogen and oxygen atoms in total. The van der Waals surface area contributed by atoms with Gasteiger partial charge in [0, 0.05) is 25.7 Å². The Labute approximate surface area is 486 Å². The normalized spacial score (nSPS) is 14.4. The van der Waals surface area contributed by atoms with Crippen molar-refractivity contribution in [2.45, 2.75) is 317 Å². The summed E-state index contributed by atoms with van der Waals surface area (Å²) in [6.45, 7) is 9.30. The van der Waals surface area contributed by atoms with Crippen molar-refractivity contribution < 1.29 is 80.2 Å². The van der Waals surface area contributed by atoms with Crippen molar-refractivity contribution in [3.05, 3.63) is 0 Å². The van der Waals surface area contributed by atoms with Crippen LogP contribution < -0.4 is 0 Å². The fraction of sp³-hybridized carbons (Fsp3) is 0.934. The summed E-state index contributed by atoms with van der Waals surface area (Å²) >= 11 is 0. The first-order chi connectivity index (χ1) is 38.4. The third kappa shape index (κ3) is 55.3. The highest BCUT2D eigenvalue weighted by Crippen LogP contribution is 2.45. The SMILES string of the molecule is CCCCCCCCCCCCCCCC(=O)O[C@H](COC(=O)CCCCCCCCCCC(C)C)COP(=O)(O)OC[C@@H](O)COP(=O)(O)OC[C@@H](COC(=O)CCCCCCCCC)OC(=O)CCCCCCCCC(C)C. The summed E-state index contributed by atoms with van der Waals surface area (Å²) in [4.78, 5) is 71.9. The highest BCUT2D eigenvalue weighted by Gasteiger charge is 2.30. The summed E-state index contributed by atoms with van der Waals surface area (Å²) < 4.78 is 67.7. The molecule has 0 saturated carbocycles. The molecule has 0 amide bonds. The maximum absolute atomic E-state index is 12.9. The van der Waals surface area contributed by atoms with Gasteiger partial charge in [-0.25, -0.2) is 9.13 Å². The number of esters is 4. The third-order valence-corrected chi connectivity index (χ3v) is 15.9. The number of unbranched alkanes of at least 4 members (excludes halogenated alkanes) is 30. The zero-order valence-electron chi connectivity index (χ0n) is 51.4. The summed E-state index contributed by atoms with van der Waals surface area (Å²) in [6, 6.07) is 0. The lowest BCUT2D eigenvalue weighted by Gasteiger charge is -2.21. The Morgan fingerprint density at radius 2 is 0.575 bits per heavy atom. The molecular formula is C61H118O17P2. The lowest BCUT2D eigenvalue weighted by Crippen LogP contribution is -2.30. The Kier molecular flexibility index (Phi) is 52.5. The van der Waals surface area contributed by atoms with Crippen LogP contribution in [0.25, 0.3) is 0 Å². The average molecular weight is 1190 g/mol. The number of phosphoric acid groups is 2. The predicted octanol–water partition coefficient (Wildman–Crippen LogP) is 16.5. The fourth-order valence-electron chi connectivity index (χ4n) is 9.00. The lowest BCUT2D eigenvalue weighted by molar-refractivity contribution is -0.161. The minimum absolute atomic E-state index is 0.101. The van der Waals surface area contributed by atoms with E-state index in [4.69, 9.17) is 37.0 Å². The molecule has 0 saturated heterocycles. The Morgan fingerprint density at radius 3 is 0.850 bits per heavy atom. The van der Waals surface area contributed by atoms with Gasteiger partial charge < -0.3 is 33.8 Å². The van der Waals surface area contributed by atoms with E-state index in [1.807, 2.05) is 0 Å². The number of ether oxygens (including phenoxy) is 4. The molecule has 5 atom stereocenters. The van der Waals surface area contributed by atoms with Crippen LogP contribution in [0.15, 0.2) is 0 Å². The predicted molar refractivity (Wildman–Crippen MR) is 317 cm³/mol. The van der Waals surface area contributed by atoms with Crippen molar-refractivity contribution in [1.29, 1.82) is 0 Å². The molecule has 0 fully saturated rings. The van der Waals surface area contributed by atoms with Gasteiger partial charge in [0.1, 0.15) is 19.3 Å². The van der Waals surface area contributed by atoms with E-state index in [1.54, 1.807) is 0 Å². The Balaban J connectivity index is 5.22. The highest BCUT2D eigenvalue weighted by molar-refractivity contribution is 7.47. The third-order valence-electron chi connectivity index (χ3n) is 14.0. The standard InChI is InChI=1S/C61H118O17P2/c1-7-9-11-13-15-16-17-18-19-20-26-33-39-45-60(65)77-56(50-72-59(64)44-38-32-25-22-21-24-29-35-41-53(3)4)51-75-79(67,68)73-47-55(62)48-74-80(69,70)76-52-57(49-71-58(63)43-37-31-23-14-12-10-8-2)78-61(66)46-40-34-28-27-30-36-42-54(5)6/h53-57,62H,7-52H2,1-6H3,(H,67,68)(H,69,70)/t55-,56-,57-/m1/s1. The van der Waals surface area contributed by atoms with Crippen LogP contribution in [0.5, 0.6) is 0 Å². The highest BCUT2D eigenvalue weighted by atomic mass is 31.2. The molecule has 0 aliphatic rings. The first-order valence-electron chi connectivity index (χ1n) is 32.0. The van der Waals surface area contributed by atoms with E-state index in [0.717, 1.165) is 109 Å². The molecule has 80 heavy (non-hydrogen) atoms. The largest absolute Gasteiger partial charge is 0.472 e. The molecule has 0 radical (unpaired) electrons. The van der Waals surface area contributed by atoms with Crippen molar-refractivity contribution in [3.63, 3.8) is 0 Å². The Bertz CT molecular complexity index is 1580. The van der Waals surface area contributed by atoms with Gasteiger partial charge in [0.05, 0.1) is 26.4 Å². The minimum atomic E-state index is -4.94. The van der Waals surface area contributed by atoms with E-state index < -0.39 is 97.5 Å². The molecule has 0 aromatic heterocycles. The van der Waals surface area contributed by atoms with E-state index >= 15 is 0 Å². The molecule has 0 heterocycles. The number of aliphatic hydroxyl groups excluding tert-OH is 1.